The van der Waals surface area contributed by atoms with E-state index in [0.29, 0.717) is 0 Å². The quantitative estimate of drug-likeness (QED) is 0.207. The third-order valence-electron chi connectivity index (χ3n) is 8.86. The molecule has 0 spiro atoms. The first-order chi connectivity index (χ1) is 19.6. The lowest BCUT2D eigenvalue weighted by molar-refractivity contribution is 0.666. The summed E-state index contributed by atoms with van der Waals surface area (Å²) in [6.07, 6.45) is 5.82. The summed E-state index contributed by atoms with van der Waals surface area (Å²) in [5.41, 5.74) is 9.28. The van der Waals surface area contributed by atoms with Crippen LogP contribution in [0.25, 0.3) is 71.3 Å². The number of aromatic nitrogens is 4. The molecule has 0 bridgehead atoms. The molecule has 0 radical (unpaired) electrons. The standard InChI is InChI=1S/C36H24N4/c1-36(2)27-11-5-3-9-24(27)31-32(36)26-20-37-19-17-23(26)30-25-10-4-6-12-28(25)40(35(30)31)29-16-15-22-14-13-21-8-7-18-38-33(21)34(22)39-29/h3-20H,1-2H3. The topological polar surface area (TPSA) is 43.6 Å². The van der Waals surface area contributed by atoms with Crippen LogP contribution in [0.2, 0.25) is 0 Å². The van der Waals surface area contributed by atoms with E-state index in [2.05, 4.69) is 115 Å². The van der Waals surface area contributed by atoms with E-state index in [9.17, 15) is 0 Å². The molecule has 8 aromatic rings. The summed E-state index contributed by atoms with van der Waals surface area (Å²) in [4.78, 5) is 14.7. The van der Waals surface area contributed by atoms with Crippen molar-refractivity contribution in [3.63, 3.8) is 0 Å². The van der Waals surface area contributed by atoms with Crippen LogP contribution in [-0.2, 0) is 5.41 Å². The third kappa shape index (κ3) is 2.63. The van der Waals surface area contributed by atoms with Gasteiger partial charge >= 0.3 is 0 Å². The average Bonchev–Trinajstić information content (AvgIpc) is 3.47. The molecule has 0 fully saturated rings. The summed E-state index contributed by atoms with van der Waals surface area (Å²) in [6.45, 7) is 4.68. The molecular weight excluding hydrogens is 488 g/mol. The molecule has 9 rings (SSSR count). The number of hydrogen-bond acceptors (Lipinski definition) is 3. The van der Waals surface area contributed by atoms with Crippen molar-refractivity contribution in [2.45, 2.75) is 19.3 Å². The van der Waals surface area contributed by atoms with Crippen LogP contribution >= 0.6 is 0 Å². The predicted molar refractivity (Wildman–Crippen MR) is 164 cm³/mol. The highest BCUT2D eigenvalue weighted by Gasteiger charge is 2.39. The van der Waals surface area contributed by atoms with Gasteiger partial charge in [0.1, 0.15) is 5.82 Å². The van der Waals surface area contributed by atoms with Crippen LogP contribution in [-0.4, -0.2) is 19.5 Å². The molecule has 0 unspecified atom stereocenters. The number of benzene rings is 4. The van der Waals surface area contributed by atoms with Crippen LogP contribution in [0.3, 0.4) is 0 Å². The van der Waals surface area contributed by atoms with Crippen LogP contribution in [0.1, 0.15) is 25.0 Å². The Hall–Kier alpha value is -5.09. The van der Waals surface area contributed by atoms with Crippen LogP contribution in [0.4, 0.5) is 0 Å². The number of fused-ring (bicyclic) bond motifs is 13. The van der Waals surface area contributed by atoms with Crippen molar-refractivity contribution < 1.29 is 0 Å². The predicted octanol–water partition coefficient (Wildman–Crippen LogP) is 8.73. The van der Waals surface area contributed by atoms with E-state index >= 15 is 0 Å². The zero-order valence-electron chi connectivity index (χ0n) is 22.2. The maximum Gasteiger partial charge on any atom is 0.138 e. The second-order valence-electron chi connectivity index (χ2n) is 11.3. The molecule has 0 N–H and O–H groups in total. The minimum atomic E-state index is -0.167. The Morgan fingerprint density at radius 1 is 0.675 bits per heavy atom. The summed E-state index contributed by atoms with van der Waals surface area (Å²) in [5, 5.41) is 7.10. The van der Waals surface area contributed by atoms with Gasteiger partial charge in [-0.05, 0) is 52.4 Å². The molecule has 1 aliphatic carbocycles. The van der Waals surface area contributed by atoms with E-state index in [1.807, 2.05) is 18.5 Å². The van der Waals surface area contributed by atoms with Crippen molar-refractivity contribution in [1.29, 1.82) is 0 Å². The lowest BCUT2D eigenvalue weighted by atomic mass is 9.80. The lowest BCUT2D eigenvalue weighted by Gasteiger charge is -2.23. The van der Waals surface area contributed by atoms with Crippen LogP contribution in [0.5, 0.6) is 0 Å². The fraction of sp³-hybridized carbons (Fsp3) is 0.0833. The highest BCUT2D eigenvalue weighted by molar-refractivity contribution is 6.27. The average molecular weight is 513 g/mol. The van der Waals surface area contributed by atoms with E-state index in [1.165, 1.54) is 49.3 Å². The van der Waals surface area contributed by atoms with Crippen molar-refractivity contribution in [1.82, 2.24) is 19.5 Å². The highest BCUT2D eigenvalue weighted by atomic mass is 15.1. The van der Waals surface area contributed by atoms with E-state index in [1.54, 1.807) is 0 Å². The summed E-state index contributed by atoms with van der Waals surface area (Å²) in [7, 11) is 0. The molecular formula is C36H24N4. The van der Waals surface area contributed by atoms with Gasteiger partial charge < -0.3 is 0 Å². The molecule has 4 heterocycles. The second-order valence-corrected chi connectivity index (χ2v) is 11.3. The molecule has 0 amide bonds. The Labute approximate surface area is 230 Å². The van der Waals surface area contributed by atoms with E-state index in [0.717, 1.165) is 33.1 Å². The van der Waals surface area contributed by atoms with Crippen LogP contribution in [0.15, 0.2) is 110 Å². The minimum Gasteiger partial charge on any atom is -0.293 e. The zero-order valence-corrected chi connectivity index (χ0v) is 22.2. The number of hydrogen-bond donors (Lipinski definition) is 0. The Morgan fingerprint density at radius 3 is 2.40 bits per heavy atom. The van der Waals surface area contributed by atoms with E-state index in [-0.39, 0.29) is 5.41 Å². The number of nitrogens with zero attached hydrogens (tertiary/aromatic N) is 4. The molecule has 0 saturated heterocycles. The van der Waals surface area contributed by atoms with Crippen molar-refractivity contribution in [2.24, 2.45) is 0 Å². The smallest absolute Gasteiger partial charge is 0.138 e. The van der Waals surface area contributed by atoms with Gasteiger partial charge in [0, 0.05) is 56.5 Å². The Bertz CT molecular complexity index is 2360. The van der Waals surface area contributed by atoms with Gasteiger partial charge in [-0.25, -0.2) is 4.98 Å². The van der Waals surface area contributed by atoms with Gasteiger partial charge in [-0.3, -0.25) is 14.5 Å². The maximum absolute atomic E-state index is 5.33. The Kier molecular flexibility index (Phi) is 4.10. The minimum absolute atomic E-state index is 0.167. The SMILES string of the molecule is CC1(C)c2ccccc2-c2c1c1cnccc1c1c3ccccc3n(-c3ccc4ccc5cccnc5c4n3)c21. The number of pyridine rings is 3. The molecule has 0 atom stereocenters. The normalized spacial score (nSPS) is 13.9. The monoisotopic (exact) mass is 512 g/mol. The van der Waals surface area contributed by atoms with Crippen molar-refractivity contribution in [2.75, 3.05) is 0 Å². The first kappa shape index (κ1) is 21.8. The largest absolute Gasteiger partial charge is 0.293 e. The Balaban J connectivity index is 1.54. The fourth-order valence-corrected chi connectivity index (χ4v) is 7.18. The molecule has 4 heteroatoms. The third-order valence-corrected chi connectivity index (χ3v) is 8.86. The van der Waals surface area contributed by atoms with Gasteiger partial charge in [-0.2, -0.15) is 0 Å². The molecule has 40 heavy (non-hydrogen) atoms. The van der Waals surface area contributed by atoms with Crippen LogP contribution in [0, 0.1) is 0 Å². The second kappa shape index (κ2) is 7.51. The van der Waals surface area contributed by atoms with Gasteiger partial charge in [0.15, 0.2) is 0 Å². The molecule has 0 saturated carbocycles. The first-order valence-corrected chi connectivity index (χ1v) is 13.7. The number of para-hydroxylation sites is 1. The van der Waals surface area contributed by atoms with Gasteiger partial charge in [-0.1, -0.05) is 74.5 Å². The summed E-state index contributed by atoms with van der Waals surface area (Å²) in [6, 6.07) is 32.4. The first-order valence-electron chi connectivity index (χ1n) is 13.7. The van der Waals surface area contributed by atoms with Gasteiger partial charge in [-0.15, -0.1) is 0 Å². The summed E-state index contributed by atoms with van der Waals surface area (Å²) in [5.74, 6) is 0.898. The fourth-order valence-electron chi connectivity index (χ4n) is 7.18. The molecule has 4 aromatic heterocycles. The van der Waals surface area contributed by atoms with Crippen molar-refractivity contribution >= 4 is 54.4 Å². The summed E-state index contributed by atoms with van der Waals surface area (Å²) >= 11 is 0. The zero-order chi connectivity index (χ0) is 26.6. The van der Waals surface area contributed by atoms with Crippen molar-refractivity contribution in [3.05, 3.63) is 121 Å². The lowest BCUT2D eigenvalue weighted by Crippen LogP contribution is -2.15. The van der Waals surface area contributed by atoms with E-state index < -0.39 is 0 Å². The Morgan fingerprint density at radius 2 is 1.48 bits per heavy atom. The van der Waals surface area contributed by atoms with Gasteiger partial charge in [0.05, 0.1) is 22.1 Å². The molecule has 0 aliphatic heterocycles. The van der Waals surface area contributed by atoms with Gasteiger partial charge in [0.2, 0.25) is 0 Å². The highest BCUT2D eigenvalue weighted by Crippen LogP contribution is 2.56. The number of rotatable bonds is 1. The van der Waals surface area contributed by atoms with Crippen LogP contribution < -0.4 is 0 Å². The molecule has 4 nitrogen and oxygen atoms in total. The van der Waals surface area contributed by atoms with Gasteiger partial charge in [0.25, 0.3) is 0 Å². The van der Waals surface area contributed by atoms with Crippen molar-refractivity contribution in [3.8, 4) is 16.9 Å². The maximum atomic E-state index is 5.33. The molecule has 1 aliphatic rings. The summed E-state index contributed by atoms with van der Waals surface area (Å²) < 4.78 is 2.38. The molecule has 4 aromatic carbocycles. The van der Waals surface area contributed by atoms with E-state index in [4.69, 9.17) is 9.97 Å². The molecule has 188 valence electrons.